The topological polar surface area (TPSA) is 0 Å². The molecule has 0 spiro atoms. The lowest BCUT2D eigenvalue weighted by molar-refractivity contribution is 0.594. The van der Waals surface area contributed by atoms with Gasteiger partial charge in [0.1, 0.15) is 0 Å². The second kappa shape index (κ2) is 17.8. The molecule has 0 unspecified atom stereocenters. The fraction of sp³-hybridized carbons (Fsp3) is 0.135. The van der Waals surface area contributed by atoms with Crippen molar-refractivity contribution in [2.24, 2.45) is 0 Å². The van der Waals surface area contributed by atoms with Crippen LogP contribution in [0.25, 0.3) is 0 Å². The van der Waals surface area contributed by atoms with Crippen molar-refractivity contribution in [2.75, 3.05) is 0 Å². The van der Waals surface area contributed by atoms with Crippen LogP contribution in [0.1, 0.15) is 317 Å². The molecule has 0 heterocycles. The van der Waals surface area contributed by atoms with Gasteiger partial charge in [0.25, 0.3) is 0 Å². The Morgan fingerprint density at radius 3 is 0.202 bits per heavy atom. The van der Waals surface area contributed by atoms with E-state index in [0.717, 1.165) is 0 Å². The first-order valence-corrected chi connectivity index (χ1v) is 38.6. The molecule has 104 heavy (non-hydrogen) atoms. The van der Waals surface area contributed by atoms with Crippen LogP contribution >= 0.6 is 0 Å². The van der Waals surface area contributed by atoms with E-state index >= 15 is 0 Å². The molecule has 0 nitrogen and oxygen atoms in total. The third-order valence-corrected chi connectivity index (χ3v) is 29.8. The predicted octanol–water partition coefficient (Wildman–Crippen LogP) is 22.6. The number of hydrogen-bond donors (Lipinski definition) is 0. The highest BCUT2D eigenvalue weighted by atomic mass is 14.7. The minimum absolute atomic E-state index is 0.0286. The van der Waals surface area contributed by atoms with E-state index in [1.165, 1.54) is 134 Å². The quantitative estimate of drug-likeness (QED) is 0.142. The van der Waals surface area contributed by atoms with Gasteiger partial charge >= 0.3 is 0 Å². The zero-order valence-corrected chi connectivity index (χ0v) is 56.8. The molecule has 0 atom stereocenters. The maximum Gasteiger partial charge on any atom is 0.0359 e. The summed E-state index contributed by atoms with van der Waals surface area (Å²) in [5.41, 5.74) is 65.9. The number of rotatable bonds is 0. The first-order valence-electron chi connectivity index (χ1n) is 38.6. The Bertz CT molecular complexity index is 5410. The van der Waals surface area contributed by atoms with Gasteiger partial charge in [-0.25, -0.2) is 0 Å². The van der Waals surface area contributed by atoms with Crippen LogP contribution < -0.4 is 0 Å². The molecule has 21 aliphatic carbocycles. The van der Waals surface area contributed by atoms with Gasteiger partial charge < -0.3 is 0 Å². The van der Waals surface area contributed by atoms with Crippen LogP contribution in [-0.4, -0.2) is 0 Å². The largest absolute Gasteiger partial charge is 0.0619 e. The molecule has 0 fully saturated rings. The first-order chi connectivity index (χ1) is 51.8. The van der Waals surface area contributed by atoms with Crippen molar-refractivity contribution < 1.29 is 0 Å². The van der Waals surface area contributed by atoms with Gasteiger partial charge in [-0.1, -0.05) is 291 Å². The lowest BCUT2D eigenvalue weighted by Gasteiger charge is -2.60. The Hall–Kier alpha value is -11.7. The summed E-state index contributed by atoms with van der Waals surface area (Å²) < 4.78 is 0. The van der Waals surface area contributed by atoms with E-state index in [4.69, 9.17) is 0 Å². The summed E-state index contributed by atoms with van der Waals surface area (Å²) in [5.74, 6) is 0.283. The average molecular weight is 1310 g/mol. The molecular formula is C104H62. The van der Waals surface area contributed by atoms with Crippen LogP contribution in [0.15, 0.2) is 291 Å². The lowest BCUT2D eigenvalue weighted by atomic mass is 9.42. The fourth-order valence-electron chi connectivity index (χ4n) is 27.3. The molecule has 36 rings (SSSR count). The van der Waals surface area contributed by atoms with E-state index in [1.807, 2.05) is 0 Å². The first kappa shape index (κ1) is 53.2. The molecule has 0 saturated carbocycles. The van der Waals surface area contributed by atoms with Gasteiger partial charge in [-0.2, -0.15) is 0 Å². The molecule has 0 N–H and O–H groups in total. The van der Waals surface area contributed by atoms with Gasteiger partial charge in [0, 0.05) is 82.9 Å². The molecule has 0 aromatic heterocycles. The number of hydrogen-bond acceptors (Lipinski definition) is 0. The van der Waals surface area contributed by atoms with E-state index < -0.39 is 0 Å². The summed E-state index contributed by atoms with van der Waals surface area (Å²) >= 11 is 0. The zero-order chi connectivity index (χ0) is 66.3. The van der Waals surface area contributed by atoms with Crippen molar-refractivity contribution in [2.45, 2.75) is 82.9 Å². The van der Waals surface area contributed by atoms with Crippen LogP contribution in [0, 0.1) is 0 Å². The van der Waals surface area contributed by atoms with E-state index in [-0.39, 0.29) is 82.9 Å². The molecule has 0 aliphatic heterocycles. The van der Waals surface area contributed by atoms with E-state index in [1.54, 1.807) is 100 Å². The smallest absolute Gasteiger partial charge is 0.0359 e. The van der Waals surface area contributed by atoms with Gasteiger partial charge in [0.15, 0.2) is 0 Å². The van der Waals surface area contributed by atoms with Crippen molar-refractivity contribution in [3.63, 3.8) is 0 Å². The van der Waals surface area contributed by atoms with E-state index in [9.17, 15) is 0 Å². The van der Waals surface area contributed by atoms with Gasteiger partial charge in [-0.3, -0.25) is 0 Å². The molecule has 478 valence electrons. The highest BCUT2D eigenvalue weighted by Gasteiger charge is 2.64. The maximum atomic E-state index is 2.57. The summed E-state index contributed by atoms with van der Waals surface area (Å²) in [6.45, 7) is 0. The second-order valence-electron chi connectivity index (χ2n) is 33.1. The summed E-state index contributed by atoms with van der Waals surface area (Å²) in [6.07, 6.45) is 0. The van der Waals surface area contributed by atoms with Crippen molar-refractivity contribution in [1.82, 2.24) is 0 Å². The van der Waals surface area contributed by atoms with Crippen LogP contribution in [0.4, 0.5) is 0 Å². The maximum absolute atomic E-state index is 2.57. The highest BCUT2D eigenvalue weighted by molar-refractivity contribution is 5.93. The van der Waals surface area contributed by atoms with Gasteiger partial charge in [-0.05, 0) is 234 Å². The van der Waals surface area contributed by atoms with Crippen LogP contribution in [-0.2, 0) is 0 Å². The Kier molecular flexibility index (Phi) is 9.12. The van der Waals surface area contributed by atoms with Crippen molar-refractivity contribution in [1.29, 1.82) is 0 Å². The highest BCUT2D eigenvalue weighted by Crippen LogP contribution is 2.78. The minimum Gasteiger partial charge on any atom is -0.0619 e. The van der Waals surface area contributed by atoms with Crippen molar-refractivity contribution in [3.8, 4) is 0 Å². The molecule has 0 radical (unpaired) electrons. The van der Waals surface area contributed by atoms with Crippen molar-refractivity contribution in [3.05, 3.63) is 525 Å². The van der Waals surface area contributed by atoms with Crippen LogP contribution in [0.3, 0.4) is 0 Å². The Morgan fingerprint density at radius 1 is 0.0769 bits per heavy atom. The van der Waals surface area contributed by atoms with E-state index in [2.05, 4.69) is 291 Å². The SMILES string of the molecule is c1ccc2c(c1)C1c3ccccc3C2c2c1c1c(c3c2C2c4c5c(c6c(c4C3c3c4c(c7c(c32)C2c3ccccc3C7c3ccccc32)C2c3ccccc3C4c3ccccc32)C2c3ccccc3C6c3ccccc32)C2c3ccccc3C5c3ccccc32)C2c3ccccc3C1c1ccccc12. The zero-order valence-electron chi connectivity index (χ0n) is 56.8. The molecule has 0 heteroatoms. The van der Waals surface area contributed by atoms with Gasteiger partial charge in [0.05, 0.1) is 0 Å². The number of benzene rings is 15. The Labute approximate surface area is 603 Å². The second-order valence-corrected chi connectivity index (χ2v) is 33.1. The van der Waals surface area contributed by atoms with Crippen molar-refractivity contribution >= 4 is 0 Å². The van der Waals surface area contributed by atoms with Gasteiger partial charge in [-0.15, -0.1) is 0 Å². The summed E-state index contributed by atoms with van der Waals surface area (Å²) in [5, 5.41) is 0. The molecule has 21 aliphatic rings. The van der Waals surface area contributed by atoms with E-state index in [0.29, 0.717) is 0 Å². The predicted molar refractivity (Wildman–Crippen MR) is 410 cm³/mol. The Morgan fingerprint density at radius 2 is 0.135 bits per heavy atom. The molecule has 0 amide bonds. The third-order valence-electron chi connectivity index (χ3n) is 29.8. The summed E-state index contributed by atoms with van der Waals surface area (Å²) in [4.78, 5) is 0. The van der Waals surface area contributed by atoms with Crippen LogP contribution in [0.5, 0.6) is 0 Å². The standard InChI is InChI=1S/C104H62/c1-13-37-61-49(25-1)73-50-26-2-14-38-62(50)79(61)91-85(73)86-74-51-27-3-15-39-63(51)80(64-40-16-4-28-52(64)74)92(86)98-97(91)103-99-93-81-65-41-17-5-29-53(65)75(54-30-6-18-42-66(54)81)87(93)89-77-57-33-9-21-45-69(57)83(70-46-22-10-34-58(70)77)95(89)101(99)104(98)102-96-84-71-47-23-11-35-59(71)78(60-36-12-24-48-72(60)84)90(96)88-76-55-31-7-19-43-67(55)82(94(88)100(102)103)68-44-20-8-32-56(68)76/h1-48,73-84,103-104H. The third kappa shape index (κ3) is 5.55. The lowest BCUT2D eigenvalue weighted by Crippen LogP contribution is -2.46. The fourth-order valence-corrected chi connectivity index (χ4v) is 27.3. The molecular weight excluding hydrogens is 1250 g/mol. The summed E-state index contributed by atoms with van der Waals surface area (Å²) in [6, 6.07) is 119. The molecule has 14 bridgehead atoms. The summed E-state index contributed by atoms with van der Waals surface area (Å²) in [7, 11) is 0. The molecule has 15 aromatic carbocycles. The molecule has 15 aromatic rings. The average Bonchev–Trinajstić information content (AvgIpc) is 0.627. The van der Waals surface area contributed by atoms with Gasteiger partial charge in [0.2, 0.25) is 0 Å². The van der Waals surface area contributed by atoms with Crippen LogP contribution in [0.2, 0.25) is 0 Å². The Balaban J connectivity index is 0.887. The molecule has 0 saturated heterocycles. The minimum atomic E-state index is -0.129. The monoisotopic (exact) mass is 1310 g/mol. The normalized spacial score (nSPS) is 25.5.